The largest absolute Gasteiger partial charge is 0.388 e. The molecular weight excluding hydrogens is 220 g/mol. The Morgan fingerprint density at radius 1 is 1.40 bits per heavy atom. The van der Waals surface area contributed by atoms with E-state index >= 15 is 0 Å². The topological polar surface area (TPSA) is 68.2 Å². The van der Waals surface area contributed by atoms with Crippen LogP contribution in [0.1, 0.15) is 13.8 Å². The van der Waals surface area contributed by atoms with E-state index in [2.05, 4.69) is 0 Å². The van der Waals surface area contributed by atoms with Gasteiger partial charge in [-0.1, -0.05) is 18.7 Å². The summed E-state index contributed by atoms with van der Waals surface area (Å²) in [6.45, 7) is 3.87. The van der Waals surface area contributed by atoms with E-state index in [-0.39, 0.29) is 6.61 Å². The molecule has 0 spiro atoms. The maximum absolute atomic E-state index is 9.70. The third-order valence-corrected chi connectivity index (χ3v) is 3.52. The first-order valence-corrected chi connectivity index (χ1v) is 6.01. The third-order valence-electron chi connectivity index (χ3n) is 2.52. The van der Waals surface area contributed by atoms with E-state index in [0.717, 1.165) is 5.75 Å². The number of ether oxygens (including phenoxy) is 3. The predicted molar refractivity (Wildman–Crippen MR) is 54.2 cm³/mol. The van der Waals surface area contributed by atoms with Crippen LogP contribution in [0.3, 0.4) is 0 Å². The molecule has 5 nitrogen and oxygen atoms in total. The highest BCUT2D eigenvalue weighted by molar-refractivity contribution is 8.00. The summed E-state index contributed by atoms with van der Waals surface area (Å²) in [6, 6.07) is 0. The lowest BCUT2D eigenvalue weighted by Gasteiger charge is -2.31. The van der Waals surface area contributed by atoms with E-state index in [0.29, 0.717) is 0 Å². The van der Waals surface area contributed by atoms with Crippen LogP contribution < -0.4 is 0 Å². The summed E-state index contributed by atoms with van der Waals surface area (Å²) >= 11 is 1.49. The molecule has 15 heavy (non-hydrogen) atoms. The Hall–Kier alpha value is 0.150. The quantitative estimate of drug-likeness (QED) is 0.698. The van der Waals surface area contributed by atoms with Gasteiger partial charge in [0.1, 0.15) is 18.3 Å². The Balaban J connectivity index is 2.05. The lowest BCUT2D eigenvalue weighted by atomic mass is 10.1. The number of hydrogen-bond donors (Lipinski definition) is 2. The van der Waals surface area contributed by atoms with Crippen LogP contribution in [-0.4, -0.2) is 52.3 Å². The van der Waals surface area contributed by atoms with E-state index in [4.69, 9.17) is 14.2 Å². The average molecular weight is 236 g/mol. The Morgan fingerprint density at radius 3 is 2.80 bits per heavy atom. The highest BCUT2D eigenvalue weighted by Gasteiger charge is 2.52. The lowest BCUT2D eigenvalue weighted by Crippen LogP contribution is -2.51. The number of aliphatic hydroxyl groups excluding tert-OH is 2. The maximum Gasteiger partial charge on any atom is 0.218 e. The van der Waals surface area contributed by atoms with Crippen molar-refractivity contribution in [3.05, 3.63) is 0 Å². The molecule has 5 atom stereocenters. The van der Waals surface area contributed by atoms with Crippen molar-refractivity contribution in [1.29, 1.82) is 0 Å². The molecule has 0 aromatic rings. The van der Waals surface area contributed by atoms with Crippen molar-refractivity contribution in [2.45, 2.75) is 43.6 Å². The Morgan fingerprint density at radius 2 is 2.13 bits per heavy atom. The van der Waals surface area contributed by atoms with Gasteiger partial charge in [-0.3, -0.25) is 0 Å². The first-order valence-electron chi connectivity index (χ1n) is 5.03. The van der Waals surface area contributed by atoms with Gasteiger partial charge in [-0.2, -0.15) is 0 Å². The first-order chi connectivity index (χ1) is 7.06. The smallest absolute Gasteiger partial charge is 0.218 e. The standard InChI is InChI=1S/C9H16O5S/c1-3-15-9(2)13-7-6(11)5(10)4-12-8(7)14-9/h5-8,10-11H,3-4H2,1-2H3. The van der Waals surface area contributed by atoms with Crippen molar-refractivity contribution < 1.29 is 24.4 Å². The summed E-state index contributed by atoms with van der Waals surface area (Å²) < 4.78 is 16.4. The van der Waals surface area contributed by atoms with Crippen molar-refractivity contribution in [3.8, 4) is 0 Å². The summed E-state index contributed by atoms with van der Waals surface area (Å²) in [6.07, 6.45) is -3.02. The Labute approximate surface area is 92.7 Å². The fourth-order valence-electron chi connectivity index (χ4n) is 1.81. The van der Waals surface area contributed by atoms with Crippen molar-refractivity contribution in [1.82, 2.24) is 0 Å². The van der Waals surface area contributed by atoms with Crippen LogP contribution in [0, 0.1) is 0 Å². The molecule has 88 valence electrons. The average Bonchev–Trinajstić information content (AvgIpc) is 2.50. The minimum absolute atomic E-state index is 0.0819. The first kappa shape index (κ1) is 11.6. The zero-order chi connectivity index (χ0) is 11.1. The zero-order valence-electron chi connectivity index (χ0n) is 8.75. The normalized spacial score (nSPS) is 50.4. The fraction of sp³-hybridized carbons (Fsp3) is 1.00. The molecular formula is C9H16O5S. The highest BCUT2D eigenvalue weighted by atomic mass is 32.2. The SMILES string of the molecule is CCSC1(C)OC2OCC(O)C(O)C2O1. The molecule has 2 rings (SSSR count). The monoisotopic (exact) mass is 236 g/mol. The van der Waals surface area contributed by atoms with Crippen molar-refractivity contribution in [2.24, 2.45) is 0 Å². The second-order valence-electron chi connectivity index (χ2n) is 3.76. The Bertz CT molecular complexity index is 239. The highest BCUT2D eigenvalue weighted by Crippen LogP contribution is 2.41. The summed E-state index contributed by atoms with van der Waals surface area (Å²) in [5, 5.41) is 18.3. The van der Waals surface area contributed by atoms with Crippen molar-refractivity contribution >= 4 is 11.8 Å². The summed E-state index contributed by atoms with van der Waals surface area (Å²) in [7, 11) is 0. The second-order valence-corrected chi connectivity index (χ2v) is 5.36. The molecule has 6 heteroatoms. The van der Waals surface area contributed by atoms with Gasteiger partial charge in [0.15, 0.2) is 6.29 Å². The van der Waals surface area contributed by atoms with E-state index in [9.17, 15) is 10.2 Å². The summed E-state index contributed by atoms with van der Waals surface area (Å²) in [5.41, 5.74) is 0. The lowest BCUT2D eigenvalue weighted by molar-refractivity contribution is -0.211. The molecule has 2 heterocycles. The molecule has 0 amide bonds. The van der Waals surface area contributed by atoms with Gasteiger partial charge in [0.25, 0.3) is 0 Å². The van der Waals surface area contributed by atoms with Crippen LogP contribution in [0.4, 0.5) is 0 Å². The molecule has 2 aliphatic rings. The van der Waals surface area contributed by atoms with Crippen LogP contribution >= 0.6 is 11.8 Å². The molecule has 2 fully saturated rings. The van der Waals surface area contributed by atoms with Crippen molar-refractivity contribution in [2.75, 3.05) is 12.4 Å². The molecule has 2 saturated heterocycles. The maximum atomic E-state index is 9.70. The molecule has 0 bridgehead atoms. The Kier molecular flexibility index (Phi) is 3.25. The number of hydrogen-bond acceptors (Lipinski definition) is 6. The number of fused-ring (bicyclic) bond motifs is 1. The van der Waals surface area contributed by atoms with Gasteiger partial charge in [0.2, 0.25) is 5.12 Å². The molecule has 0 aliphatic carbocycles. The van der Waals surface area contributed by atoms with Gasteiger partial charge < -0.3 is 24.4 Å². The van der Waals surface area contributed by atoms with Gasteiger partial charge >= 0.3 is 0 Å². The minimum Gasteiger partial charge on any atom is -0.388 e. The molecule has 0 aromatic heterocycles. The molecule has 2 N–H and O–H groups in total. The van der Waals surface area contributed by atoms with Gasteiger partial charge in [-0.25, -0.2) is 0 Å². The summed E-state index contributed by atoms with van der Waals surface area (Å²) in [5.74, 6) is 0.842. The number of aliphatic hydroxyl groups is 2. The number of thioether (sulfide) groups is 1. The van der Waals surface area contributed by atoms with E-state index in [1.807, 2.05) is 6.92 Å². The van der Waals surface area contributed by atoms with Gasteiger partial charge in [0.05, 0.1) is 6.61 Å². The molecule has 0 saturated carbocycles. The van der Waals surface area contributed by atoms with E-state index in [1.165, 1.54) is 11.8 Å². The fourth-order valence-corrected chi connectivity index (χ4v) is 2.68. The van der Waals surface area contributed by atoms with E-state index < -0.39 is 29.7 Å². The molecule has 2 aliphatic heterocycles. The van der Waals surface area contributed by atoms with E-state index in [1.54, 1.807) is 6.92 Å². The second kappa shape index (κ2) is 4.20. The molecule has 0 radical (unpaired) electrons. The third kappa shape index (κ3) is 2.15. The van der Waals surface area contributed by atoms with Crippen LogP contribution in [0.25, 0.3) is 0 Å². The predicted octanol–water partition coefficient (Wildman–Crippen LogP) is -0.0933. The van der Waals surface area contributed by atoms with Gasteiger partial charge in [-0.05, 0) is 5.75 Å². The van der Waals surface area contributed by atoms with Crippen LogP contribution in [0.15, 0.2) is 0 Å². The van der Waals surface area contributed by atoms with Crippen LogP contribution in [0.2, 0.25) is 0 Å². The summed E-state index contributed by atoms with van der Waals surface area (Å²) in [4.78, 5) is 0. The number of rotatable bonds is 2. The molecule has 5 unspecified atom stereocenters. The van der Waals surface area contributed by atoms with Crippen LogP contribution in [-0.2, 0) is 14.2 Å². The van der Waals surface area contributed by atoms with Gasteiger partial charge in [0, 0.05) is 6.92 Å². The zero-order valence-corrected chi connectivity index (χ0v) is 9.57. The minimum atomic E-state index is -0.942. The van der Waals surface area contributed by atoms with Gasteiger partial charge in [-0.15, -0.1) is 0 Å². The molecule has 0 aromatic carbocycles. The van der Waals surface area contributed by atoms with Crippen molar-refractivity contribution in [3.63, 3.8) is 0 Å². The van der Waals surface area contributed by atoms with Crippen LogP contribution in [0.5, 0.6) is 0 Å².